The van der Waals surface area contributed by atoms with Crippen LogP contribution >= 0.6 is 11.3 Å². The van der Waals surface area contributed by atoms with E-state index in [2.05, 4.69) is 23.3 Å². The lowest BCUT2D eigenvalue weighted by Crippen LogP contribution is -2.36. The fraction of sp³-hybridized carbons (Fsp3) is 0.238. The Labute approximate surface area is 162 Å². The number of hydrogen-bond donors (Lipinski definition) is 1. The number of carbonyl (C=O) groups is 1. The highest BCUT2D eigenvalue weighted by atomic mass is 32.1. The summed E-state index contributed by atoms with van der Waals surface area (Å²) in [4.78, 5) is 17.9. The average molecular weight is 384 g/mol. The van der Waals surface area contributed by atoms with Crippen molar-refractivity contribution >= 4 is 17.2 Å². The lowest BCUT2D eigenvalue weighted by molar-refractivity contribution is -0.127. The molecule has 2 aromatic carbocycles. The number of hydrogen-bond acceptors (Lipinski definition) is 4. The lowest BCUT2D eigenvalue weighted by Gasteiger charge is -2.14. The van der Waals surface area contributed by atoms with Gasteiger partial charge < -0.3 is 10.1 Å². The maximum atomic E-state index is 13.7. The van der Waals surface area contributed by atoms with Crippen LogP contribution in [0.2, 0.25) is 0 Å². The molecule has 0 bridgehead atoms. The van der Waals surface area contributed by atoms with E-state index < -0.39 is 11.9 Å². The molecular formula is C21H21FN2O2S. The summed E-state index contributed by atoms with van der Waals surface area (Å²) in [6, 6.07) is 14.1. The first kappa shape index (κ1) is 19.0. The average Bonchev–Trinajstić information content (AvgIpc) is 3.02. The molecule has 1 N–H and O–H groups in total. The molecule has 1 heterocycles. The Morgan fingerprint density at radius 1 is 1.19 bits per heavy atom. The number of thiazole rings is 1. The molecule has 0 radical (unpaired) electrons. The number of ether oxygens (including phenoxy) is 1. The van der Waals surface area contributed by atoms with E-state index in [9.17, 15) is 9.18 Å². The van der Waals surface area contributed by atoms with Crippen molar-refractivity contribution in [1.29, 1.82) is 0 Å². The third kappa shape index (κ3) is 4.52. The van der Waals surface area contributed by atoms with Crippen LogP contribution in [0.4, 0.5) is 4.39 Å². The van der Waals surface area contributed by atoms with E-state index in [0.29, 0.717) is 6.54 Å². The van der Waals surface area contributed by atoms with Gasteiger partial charge in [-0.15, -0.1) is 11.3 Å². The minimum absolute atomic E-state index is 0.0657. The molecule has 0 spiro atoms. The van der Waals surface area contributed by atoms with Crippen molar-refractivity contribution < 1.29 is 13.9 Å². The van der Waals surface area contributed by atoms with Crippen LogP contribution in [0.15, 0.2) is 48.5 Å². The Morgan fingerprint density at radius 3 is 2.63 bits per heavy atom. The SMILES string of the molecule is Cc1ccccc1-c1nc(C)c(CNC(=O)C(C)Oc2ccccc2F)s1. The summed E-state index contributed by atoms with van der Waals surface area (Å²) < 4.78 is 19.1. The second kappa shape index (κ2) is 8.31. The first-order chi connectivity index (χ1) is 13.0. The van der Waals surface area contributed by atoms with Gasteiger partial charge in [-0.2, -0.15) is 0 Å². The zero-order valence-corrected chi connectivity index (χ0v) is 16.3. The minimum atomic E-state index is -0.800. The van der Waals surface area contributed by atoms with Gasteiger partial charge in [-0.3, -0.25) is 4.79 Å². The molecule has 1 aromatic heterocycles. The van der Waals surface area contributed by atoms with Crippen molar-refractivity contribution in [2.24, 2.45) is 0 Å². The third-order valence-corrected chi connectivity index (χ3v) is 5.39. The summed E-state index contributed by atoms with van der Waals surface area (Å²) in [5, 5.41) is 3.78. The second-order valence-corrected chi connectivity index (χ2v) is 7.33. The van der Waals surface area contributed by atoms with Crippen LogP contribution in [-0.2, 0) is 11.3 Å². The van der Waals surface area contributed by atoms with E-state index in [-0.39, 0.29) is 11.7 Å². The zero-order valence-electron chi connectivity index (χ0n) is 15.5. The highest BCUT2D eigenvalue weighted by Gasteiger charge is 2.18. The maximum Gasteiger partial charge on any atom is 0.261 e. The summed E-state index contributed by atoms with van der Waals surface area (Å²) in [6.07, 6.45) is -0.800. The smallest absolute Gasteiger partial charge is 0.261 e. The molecule has 3 rings (SSSR count). The molecule has 0 saturated carbocycles. The van der Waals surface area contributed by atoms with Gasteiger partial charge in [0.25, 0.3) is 5.91 Å². The molecule has 6 heteroatoms. The number of benzene rings is 2. The van der Waals surface area contributed by atoms with E-state index in [1.165, 1.54) is 12.1 Å². The van der Waals surface area contributed by atoms with Crippen molar-refractivity contribution in [3.63, 3.8) is 0 Å². The Balaban J connectivity index is 1.64. The lowest BCUT2D eigenvalue weighted by atomic mass is 10.1. The number of rotatable bonds is 6. The number of carbonyl (C=O) groups excluding carboxylic acids is 1. The van der Waals surface area contributed by atoms with Crippen LogP contribution in [0, 0.1) is 19.7 Å². The molecule has 1 atom stereocenters. The monoisotopic (exact) mass is 384 g/mol. The standard InChI is InChI=1S/C21H21FN2O2S/c1-13-8-4-5-9-16(13)21-24-14(2)19(27-21)12-23-20(25)15(3)26-18-11-7-6-10-17(18)22/h4-11,15H,12H2,1-3H3,(H,23,25). The first-order valence-corrected chi connectivity index (χ1v) is 9.48. The van der Waals surface area contributed by atoms with Crippen LogP contribution in [0.1, 0.15) is 23.1 Å². The van der Waals surface area contributed by atoms with Crippen molar-refractivity contribution in [2.75, 3.05) is 0 Å². The molecule has 0 fully saturated rings. The van der Waals surface area contributed by atoms with Crippen molar-refractivity contribution in [3.8, 4) is 16.3 Å². The topological polar surface area (TPSA) is 51.2 Å². The van der Waals surface area contributed by atoms with Gasteiger partial charge in [-0.05, 0) is 38.5 Å². The number of nitrogens with one attached hydrogen (secondary N) is 1. The van der Waals surface area contributed by atoms with Crippen LogP contribution in [-0.4, -0.2) is 17.0 Å². The predicted molar refractivity (Wildman–Crippen MR) is 105 cm³/mol. The van der Waals surface area contributed by atoms with Crippen LogP contribution < -0.4 is 10.1 Å². The van der Waals surface area contributed by atoms with E-state index >= 15 is 0 Å². The summed E-state index contributed by atoms with van der Waals surface area (Å²) in [5.41, 5.74) is 3.15. The molecule has 140 valence electrons. The molecule has 4 nitrogen and oxygen atoms in total. The predicted octanol–water partition coefficient (Wildman–Crippen LogP) is 4.65. The molecule has 0 aliphatic carbocycles. The quantitative estimate of drug-likeness (QED) is 0.673. The molecule has 0 saturated heterocycles. The van der Waals surface area contributed by atoms with Crippen LogP contribution in [0.5, 0.6) is 5.75 Å². The molecule has 3 aromatic rings. The fourth-order valence-corrected chi connectivity index (χ4v) is 3.71. The number of amides is 1. The minimum Gasteiger partial charge on any atom is -0.478 e. The Bertz CT molecular complexity index is 955. The van der Waals surface area contributed by atoms with E-state index in [1.54, 1.807) is 30.4 Å². The highest BCUT2D eigenvalue weighted by molar-refractivity contribution is 7.15. The largest absolute Gasteiger partial charge is 0.478 e. The van der Waals surface area contributed by atoms with Gasteiger partial charge >= 0.3 is 0 Å². The molecule has 0 aliphatic heterocycles. The van der Waals surface area contributed by atoms with Gasteiger partial charge in [0.2, 0.25) is 0 Å². The highest BCUT2D eigenvalue weighted by Crippen LogP contribution is 2.30. The van der Waals surface area contributed by atoms with E-state index in [0.717, 1.165) is 26.7 Å². The van der Waals surface area contributed by atoms with E-state index in [4.69, 9.17) is 4.74 Å². The Kier molecular flexibility index (Phi) is 5.86. The summed E-state index contributed by atoms with van der Waals surface area (Å²) in [6.45, 7) is 5.94. The maximum absolute atomic E-state index is 13.7. The zero-order chi connectivity index (χ0) is 19.4. The number of nitrogens with zero attached hydrogens (tertiary/aromatic N) is 1. The number of aromatic nitrogens is 1. The number of halogens is 1. The Hall–Kier alpha value is -2.73. The van der Waals surface area contributed by atoms with E-state index in [1.807, 2.05) is 25.1 Å². The molecule has 1 amide bonds. The van der Waals surface area contributed by atoms with Crippen molar-refractivity contribution in [1.82, 2.24) is 10.3 Å². The number of para-hydroxylation sites is 1. The summed E-state index contributed by atoms with van der Waals surface area (Å²) >= 11 is 1.56. The van der Waals surface area contributed by atoms with Gasteiger partial charge in [0.05, 0.1) is 12.2 Å². The van der Waals surface area contributed by atoms with Gasteiger partial charge in [0.15, 0.2) is 17.7 Å². The third-order valence-electron chi connectivity index (χ3n) is 4.20. The molecule has 0 aliphatic rings. The molecular weight excluding hydrogens is 363 g/mol. The fourth-order valence-electron chi connectivity index (χ4n) is 2.62. The Morgan fingerprint density at radius 2 is 1.89 bits per heavy atom. The second-order valence-electron chi connectivity index (χ2n) is 6.25. The van der Waals surface area contributed by atoms with Crippen LogP contribution in [0.25, 0.3) is 10.6 Å². The van der Waals surface area contributed by atoms with Crippen molar-refractivity contribution in [2.45, 2.75) is 33.4 Å². The van der Waals surface area contributed by atoms with Crippen LogP contribution in [0.3, 0.4) is 0 Å². The normalized spacial score (nSPS) is 11.9. The van der Waals surface area contributed by atoms with Crippen molar-refractivity contribution in [3.05, 3.63) is 70.5 Å². The van der Waals surface area contributed by atoms with Gasteiger partial charge in [-0.25, -0.2) is 9.37 Å². The van der Waals surface area contributed by atoms with Gasteiger partial charge in [0.1, 0.15) is 5.01 Å². The molecule has 27 heavy (non-hydrogen) atoms. The number of aryl methyl sites for hydroxylation is 2. The summed E-state index contributed by atoms with van der Waals surface area (Å²) in [5.74, 6) is -0.724. The van der Waals surface area contributed by atoms with Gasteiger partial charge in [0, 0.05) is 10.4 Å². The first-order valence-electron chi connectivity index (χ1n) is 8.67. The summed E-state index contributed by atoms with van der Waals surface area (Å²) in [7, 11) is 0. The molecule has 1 unspecified atom stereocenters. The van der Waals surface area contributed by atoms with Gasteiger partial charge in [-0.1, -0.05) is 36.4 Å².